The van der Waals surface area contributed by atoms with Crippen molar-refractivity contribution in [2.45, 2.75) is 0 Å². The summed E-state index contributed by atoms with van der Waals surface area (Å²) in [5, 5.41) is 8.24. The van der Waals surface area contributed by atoms with Gasteiger partial charge in [0.1, 0.15) is 0 Å². The van der Waals surface area contributed by atoms with Crippen LogP contribution >= 0.6 is 15.9 Å². The summed E-state index contributed by atoms with van der Waals surface area (Å²) in [7, 11) is -3.67. The molecule has 0 heterocycles. The summed E-state index contributed by atoms with van der Waals surface area (Å²) in [4.78, 5) is 2.99. The van der Waals surface area contributed by atoms with E-state index in [4.69, 9.17) is 5.39 Å². The fraction of sp³-hybridized carbons (Fsp3) is 0. The number of hydrogen-bond acceptors (Lipinski definition) is 1. The van der Waals surface area contributed by atoms with Gasteiger partial charge < -0.3 is 4.70 Å². The average Bonchev–Trinajstić information content (AvgIpc) is 2.05. The van der Waals surface area contributed by atoms with E-state index in [0.717, 1.165) is 4.47 Å². The molecule has 76 valence electrons. The molecule has 0 fully saturated rings. The highest BCUT2D eigenvalue weighted by Crippen LogP contribution is 2.15. The van der Waals surface area contributed by atoms with Gasteiger partial charge in [-0.3, -0.25) is 12.9 Å². The fourth-order valence-electron chi connectivity index (χ4n) is 0.508. The van der Waals surface area contributed by atoms with Crippen LogP contribution in [0.3, 0.4) is 0 Å². The molecule has 0 amide bonds. The number of halogens is 5. The maximum Gasteiger partial charge on any atom is 0.762 e. The van der Waals surface area contributed by atoms with Crippen LogP contribution in [0.5, 0.6) is 0 Å². The van der Waals surface area contributed by atoms with E-state index in [1.54, 1.807) is 12.1 Å². The lowest BCUT2D eigenvalue weighted by atomic mass is 10.3. The van der Waals surface area contributed by atoms with Crippen LogP contribution in [0.4, 0.5) is 18.6 Å². The minimum atomic E-state index is -3.67. The van der Waals surface area contributed by atoms with Gasteiger partial charge in [-0.2, -0.15) is 0 Å². The Kier molecular flexibility index (Phi) is 9.34. The van der Waals surface area contributed by atoms with Crippen molar-refractivity contribution in [2.24, 2.45) is 0 Å². The third kappa shape index (κ3) is 9.00. The molecule has 0 atom stereocenters. The zero-order valence-electron chi connectivity index (χ0n) is 6.67. The number of benzene rings is 1. The smallest absolute Gasteiger partial charge is 0.762 e. The van der Waals surface area contributed by atoms with Crippen LogP contribution in [0.2, 0.25) is 0 Å². The molecule has 0 aliphatic heterocycles. The monoisotopic (exact) mass is 270 g/mol. The average molecular weight is 271 g/mol. The van der Waals surface area contributed by atoms with Crippen LogP contribution in [0, 0.1) is 5.39 Å². The molecule has 0 saturated heterocycles. The quantitative estimate of drug-likeness (QED) is 0.390. The number of hydrogen-bond donors (Lipinski definition) is 0. The zero-order valence-corrected chi connectivity index (χ0v) is 8.26. The van der Waals surface area contributed by atoms with Crippen LogP contribution < -0.4 is 4.70 Å². The summed E-state index contributed by atoms with van der Waals surface area (Å²) in [5.41, 5.74) is 0.568. The molecule has 1 aromatic carbocycles. The van der Waals surface area contributed by atoms with Gasteiger partial charge in [0.15, 0.2) is 4.98 Å². The zero-order chi connectivity index (χ0) is 10.3. The first-order valence-electron chi connectivity index (χ1n) is 3.09. The van der Waals surface area contributed by atoms with E-state index < -0.39 is 7.54 Å². The Bertz CT molecular complexity index is 284. The molecule has 1 aromatic rings. The van der Waals surface area contributed by atoms with E-state index in [9.17, 15) is 12.9 Å². The molecule has 0 radical (unpaired) electrons. The van der Waals surface area contributed by atoms with Crippen molar-refractivity contribution < 1.29 is 17.7 Å². The molecule has 0 aliphatic carbocycles. The second-order valence-electron chi connectivity index (χ2n) is 1.82. The van der Waals surface area contributed by atoms with Crippen LogP contribution in [0.1, 0.15) is 0 Å². The normalized spacial score (nSPS) is 7.36. The molecule has 14 heavy (non-hydrogen) atoms. The fourth-order valence-corrected chi connectivity index (χ4v) is 0.772. The van der Waals surface area contributed by atoms with Gasteiger partial charge in [0, 0.05) is 16.6 Å². The summed E-state index contributed by atoms with van der Waals surface area (Å²) in [6, 6.07) is 7.05. The van der Waals surface area contributed by atoms with Crippen LogP contribution in [-0.2, 0) is 0 Å². The van der Waals surface area contributed by atoms with Gasteiger partial charge >= 0.3 is 13.2 Å². The van der Waals surface area contributed by atoms with Crippen molar-refractivity contribution in [3.63, 3.8) is 0 Å². The Balaban J connectivity index is 0. The highest BCUT2D eigenvalue weighted by Gasteiger charge is 2.06. The minimum Gasteiger partial charge on any atom is -1.00 e. The molecule has 0 bridgehead atoms. The van der Waals surface area contributed by atoms with Crippen LogP contribution in [0.15, 0.2) is 28.7 Å². The largest absolute Gasteiger partial charge is 1.00 e. The predicted molar refractivity (Wildman–Crippen MR) is 48.0 cm³/mol. The van der Waals surface area contributed by atoms with Crippen molar-refractivity contribution in [3.05, 3.63) is 33.7 Å². The lowest BCUT2D eigenvalue weighted by molar-refractivity contribution is -0.00000556. The van der Waals surface area contributed by atoms with Gasteiger partial charge in [0.05, 0.1) is 0 Å². The highest BCUT2D eigenvalue weighted by atomic mass is 79.9. The predicted octanol–water partition coefficient (Wildman–Crippen LogP) is 0.817. The van der Waals surface area contributed by atoms with E-state index >= 15 is 0 Å². The Morgan fingerprint density at radius 1 is 1.14 bits per heavy atom. The van der Waals surface area contributed by atoms with E-state index in [1.807, 2.05) is 12.1 Å². The minimum absolute atomic E-state index is 0. The first kappa shape index (κ1) is 15.4. The molecule has 0 saturated carbocycles. The van der Waals surface area contributed by atoms with Gasteiger partial charge in [0.2, 0.25) is 5.39 Å². The number of rotatable bonds is 0. The third-order valence-electron chi connectivity index (χ3n) is 0.942. The van der Waals surface area contributed by atoms with Gasteiger partial charge in [-0.05, 0) is 12.1 Å². The second kappa shape index (κ2) is 8.50. The Morgan fingerprint density at radius 3 is 1.79 bits per heavy atom. The molecule has 0 aromatic heterocycles. The Labute approximate surface area is 86.5 Å². The molecule has 0 spiro atoms. The summed E-state index contributed by atoms with van der Waals surface area (Å²) < 4.78 is 30.0. The SMILES string of the molecule is FB(F)F.N#[N+]c1ccc(Br)cc1.[F-]. The van der Waals surface area contributed by atoms with Gasteiger partial charge in [-0.25, -0.2) is 0 Å². The van der Waals surface area contributed by atoms with Crippen LogP contribution in [0.25, 0.3) is 4.98 Å². The molecular formula is C6H4BBrF4N2. The number of nitrogens with zero attached hydrogens (tertiary/aromatic N) is 2. The topological polar surface area (TPSA) is 28.1 Å². The van der Waals surface area contributed by atoms with E-state index in [0.29, 0.717) is 5.69 Å². The summed E-state index contributed by atoms with van der Waals surface area (Å²) in [5.74, 6) is 0. The first-order valence-corrected chi connectivity index (χ1v) is 3.88. The summed E-state index contributed by atoms with van der Waals surface area (Å²) >= 11 is 3.25. The van der Waals surface area contributed by atoms with Gasteiger partial charge in [-0.15, -0.1) is 0 Å². The van der Waals surface area contributed by atoms with Crippen molar-refractivity contribution in [2.75, 3.05) is 0 Å². The van der Waals surface area contributed by atoms with Crippen molar-refractivity contribution in [1.29, 1.82) is 5.39 Å². The third-order valence-corrected chi connectivity index (χ3v) is 1.47. The number of diazo groups is 1. The molecule has 2 nitrogen and oxygen atoms in total. The summed E-state index contributed by atoms with van der Waals surface area (Å²) in [6.07, 6.45) is 0. The van der Waals surface area contributed by atoms with Gasteiger partial charge in [0.25, 0.3) is 0 Å². The first-order chi connectivity index (χ1) is 6.06. The molecule has 0 aliphatic rings. The molecule has 1 rings (SSSR count). The van der Waals surface area contributed by atoms with Gasteiger partial charge in [-0.1, -0.05) is 15.9 Å². The lowest BCUT2D eigenvalue weighted by Crippen LogP contribution is -3.00. The Morgan fingerprint density at radius 2 is 1.50 bits per heavy atom. The molecule has 0 N–H and O–H groups in total. The van der Waals surface area contributed by atoms with E-state index in [-0.39, 0.29) is 4.70 Å². The molecular weight excluding hydrogens is 267 g/mol. The maximum atomic E-state index is 9.67. The van der Waals surface area contributed by atoms with Crippen LogP contribution in [-0.4, -0.2) is 7.54 Å². The summed E-state index contributed by atoms with van der Waals surface area (Å²) in [6.45, 7) is 0. The molecule has 0 unspecified atom stereocenters. The maximum absolute atomic E-state index is 9.67. The Hall–Kier alpha value is -1.10. The van der Waals surface area contributed by atoms with E-state index in [1.165, 1.54) is 0 Å². The second-order valence-corrected chi connectivity index (χ2v) is 2.74. The van der Waals surface area contributed by atoms with Crippen molar-refractivity contribution in [1.82, 2.24) is 0 Å². The van der Waals surface area contributed by atoms with Crippen molar-refractivity contribution in [3.8, 4) is 0 Å². The molecule has 8 heteroatoms. The highest BCUT2D eigenvalue weighted by molar-refractivity contribution is 9.10. The lowest BCUT2D eigenvalue weighted by Gasteiger charge is -1.79. The van der Waals surface area contributed by atoms with E-state index in [2.05, 4.69) is 20.9 Å². The standard InChI is InChI=1S/C6H4BrN2.BF3.FH/c7-5-1-3-6(9-8)4-2-5;2-1(3)4;/h1-4H;;1H/q+1;;/p-1. The van der Waals surface area contributed by atoms with Crippen molar-refractivity contribution >= 4 is 29.2 Å².